The van der Waals surface area contributed by atoms with Crippen molar-refractivity contribution in [1.29, 1.82) is 0 Å². The molecule has 0 saturated heterocycles. The van der Waals surface area contributed by atoms with Crippen LogP contribution in [0, 0.1) is 6.92 Å². The minimum absolute atomic E-state index is 0.137. The molecule has 2 aromatic heterocycles. The van der Waals surface area contributed by atoms with Gasteiger partial charge in [0.05, 0.1) is 31.8 Å². The molecule has 0 aliphatic carbocycles. The molecular formula is C27H26N6O4. The normalized spacial score (nSPS) is 14.5. The predicted molar refractivity (Wildman–Crippen MR) is 137 cm³/mol. The lowest BCUT2D eigenvalue weighted by Gasteiger charge is -2.25. The number of benzene rings is 2. The van der Waals surface area contributed by atoms with Crippen molar-refractivity contribution in [3.63, 3.8) is 0 Å². The molecule has 188 valence electrons. The molecular weight excluding hydrogens is 472 g/mol. The third-order valence-electron chi connectivity index (χ3n) is 6.15. The van der Waals surface area contributed by atoms with Crippen molar-refractivity contribution in [3.05, 3.63) is 78.1 Å². The van der Waals surface area contributed by atoms with Gasteiger partial charge in [0.15, 0.2) is 11.5 Å². The van der Waals surface area contributed by atoms with Gasteiger partial charge in [-0.2, -0.15) is 14.9 Å². The maximum Gasteiger partial charge on any atom is 0.272 e. The Morgan fingerprint density at radius 1 is 1.16 bits per heavy atom. The van der Waals surface area contributed by atoms with E-state index in [1.54, 1.807) is 26.5 Å². The Morgan fingerprint density at radius 3 is 2.81 bits per heavy atom. The van der Waals surface area contributed by atoms with Gasteiger partial charge in [-0.15, -0.1) is 5.10 Å². The van der Waals surface area contributed by atoms with Crippen LogP contribution in [0.2, 0.25) is 0 Å². The van der Waals surface area contributed by atoms with Crippen LogP contribution in [-0.4, -0.2) is 51.7 Å². The summed E-state index contributed by atoms with van der Waals surface area (Å²) in [4.78, 5) is 17.5. The molecule has 0 saturated carbocycles. The third-order valence-corrected chi connectivity index (χ3v) is 6.15. The molecule has 1 atom stereocenters. The molecule has 37 heavy (non-hydrogen) atoms. The summed E-state index contributed by atoms with van der Waals surface area (Å²) in [5, 5.41) is 16.0. The molecule has 10 heteroatoms. The number of aryl methyl sites for hydroxylation is 1. The average molecular weight is 499 g/mol. The molecule has 1 amide bonds. The van der Waals surface area contributed by atoms with Gasteiger partial charge >= 0.3 is 0 Å². The average Bonchev–Trinajstić information content (AvgIpc) is 3.27. The fourth-order valence-corrected chi connectivity index (χ4v) is 4.45. The molecule has 5 rings (SSSR count). The van der Waals surface area contributed by atoms with E-state index in [2.05, 4.69) is 32.2 Å². The summed E-state index contributed by atoms with van der Waals surface area (Å²) in [6.07, 6.45) is 3.51. The van der Waals surface area contributed by atoms with Gasteiger partial charge in [-0.25, -0.2) is 4.98 Å². The summed E-state index contributed by atoms with van der Waals surface area (Å²) in [6.45, 7) is 5.95. The SMILES string of the molecule is C=CCOc1ccc([C@@H]2CC(=O)Nc3c2c(C)nn3-c2nncc(-c3cccc(OC)c3)n2)cc1OC. The van der Waals surface area contributed by atoms with E-state index in [0.29, 0.717) is 35.4 Å². The minimum atomic E-state index is -0.241. The second-order valence-electron chi connectivity index (χ2n) is 8.45. The number of fused-ring (bicyclic) bond motifs is 1. The largest absolute Gasteiger partial charge is 0.497 e. The predicted octanol–water partition coefficient (Wildman–Crippen LogP) is 4.09. The van der Waals surface area contributed by atoms with E-state index in [1.807, 2.05) is 49.4 Å². The molecule has 1 N–H and O–H groups in total. The van der Waals surface area contributed by atoms with Gasteiger partial charge in [-0.1, -0.05) is 30.9 Å². The number of aromatic nitrogens is 5. The zero-order valence-electron chi connectivity index (χ0n) is 20.8. The number of carbonyl (C=O) groups is 1. The van der Waals surface area contributed by atoms with E-state index in [-0.39, 0.29) is 24.2 Å². The Balaban J connectivity index is 1.56. The van der Waals surface area contributed by atoms with Gasteiger partial charge in [0.2, 0.25) is 5.91 Å². The van der Waals surface area contributed by atoms with Crippen LogP contribution in [0.25, 0.3) is 17.2 Å². The molecule has 1 aliphatic heterocycles. The number of amides is 1. The quantitative estimate of drug-likeness (QED) is 0.362. The third kappa shape index (κ3) is 4.61. The molecule has 0 radical (unpaired) electrons. The number of nitrogens with one attached hydrogen (secondary N) is 1. The summed E-state index contributed by atoms with van der Waals surface area (Å²) in [5.41, 5.74) is 3.97. The van der Waals surface area contributed by atoms with Crippen LogP contribution >= 0.6 is 0 Å². The second kappa shape index (κ2) is 10.1. The van der Waals surface area contributed by atoms with Crippen LogP contribution in [0.1, 0.15) is 29.2 Å². The lowest BCUT2D eigenvalue weighted by Crippen LogP contribution is -2.25. The van der Waals surface area contributed by atoms with Crippen LogP contribution in [0.4, 0.5) is 5.82 Å². The zero-order valence-corrected chi connectivity index (χ0v) is 20.8. The van der Waals surface area contributed by atoms with Crippen LogP contribution in [-0.2, 0) is 4.79 Å². The lowest BCUT2D eigenvalue weighted by molar-refractivity contribution is -0.116. The molecule has 0 bridgehead atoms. The lowest BCUT2D eigenvalue weighted by atomic mass is 9.85. The Labute approximate surface area is 213 Å². The van der Waals surface area contributed by atoms with E-state index in [1.165, 1.54) is 4.68 Å². The van der Waals surface area contributed by atoms with E-state index in [9.17, 15) is 4.79 Å². The standard InChI is InChI=1S/C27H26N6O4/c1-5-11-37-22-10-9-17(13-23(22)36-4)20-14-24(34)30-26-25(20)16(2)32-33(26)27-29-21(15-28-31-27)18-7-6-8-19(12-18)35-3/h5-10,12-13,15,20H,1,11,14H2,2-4H3,(H,30,34)/t20-/m0/s1. The van der Waals surface area contributed by atoms with Gasteiger partial charge in [0.25, 0.3) is 5.95 Å². The van der Waals surface area contributed by atoms with Crippen molar-refractivity contribution >= 4 is 11.7 Å². The summed E-state index contributed by atoms with van der Waals surface area (Å²) in [7, 11) is 3.19. The number of methoxy groups -OCH3 is 2. The number of hydrogen-bond acceptors (Lipinski definition) is 8. The molecule has 0 fully saturated rings. The van der Waals surface area contributed by atoms with Crippen LogP contribution in [0.5, 0.6) is 17.2 Å². The smallest absolute Gasteiger partial charge is 0.272 e. The highest BCUT2D eigenvalue weighted by Gasteiger charge is 2.34. The molecule has 3 heterocycles. The summed E-state index contributed by atoms with van der Waals surface area (Å²) >= 11 is 0. The van der Waals surface area contributed by atoms with Gasteiger partial charge in [-0.3, -0.25) is 4.79 Å². The molecule has 4 aromatic rings. The molecule has 2 aromatic carbocycles. The Kier molecular flexibility index (Phi) is 6.55. The van der Waals surface area contributed by atoms with E-state index >= 15 is 0 Å². The Hall–Kier alpha value is -4.73. The fourth-order valence-electron chi connectivity index (χ4n) is 4.45. The summed E-state index contributed by atoms with van der Waals surface area (Å²) in [6, 6.07) is 13.2. The van der Waals surface area contributed by atoms with Crippen molar-refractivity contribution in [3.8, 4) is 34.5 Å². The van der Waals surface area contributed by atoms with Crippen LogP contribution < -0.4 is 19.5 Å². The zero-order chi connectivity index (χ0) is 25.9. The minimum Gasteiger partial charge on any atom is -0.497 e. The van der Waals surface area contributed by atoms with Crippen LogP contribution in [0.15, 0.2) is 61.3 Å². The molecule has 1 aliphatic rings. The van der Waals surface area contributed by atoms with Crippen molar-refractivity contribution < 1.29 is 19.0 Å². The fraction of sp³-hybridized carbons (Fsp3) is 0.222. The maximum absolute atomic E-state index is 12.8. The van der Waals surface area contributed by atoms with Crippen LogP contribution in [0.3, 0.4) is 0 Å². The summed E-state index contributed by atoms with van der Waals surface area (Å²) < 4.78 is 18.1. The van der Waals surface area contributed by atoms with E-state index < -0.39 is 0 Å². The first-order valence-electron chi connectivity index (χ1n) is 11.7. The number of rotatable bonds is 8. The highest BCUT2D eigenvalue weighted by molar-refractivity contribution is 5.95. The summed E-state index contributed by atoms with van der Waals surface area (Å²) in [5.74, 6) is 2.28. The Morgan fingerprint density at radius 2 is 2.03 bits per heavy atom. The van der Waals surface area contributed by atoms with Gasteiger partial charge in [0.1, 0.15) is 18.2 Å². The number of anilines is 1. The number of carbonyl (C=O) groups excluding carboxylic acids is 1. The van der Waals surface area contributed by atoms with Gasteiger partial charge in [0, 0.05) is 23.5 Å². The number of ether oxygens (including phenoxy) is 3. The number of nitrogens with zero attached hydrogens (tertiary/aromatic N) is 5. The second-order valence-corrected chi connectivity index (χ2v) is 8.45. The van der Waals surface area contributed by atoms with Gasteiger partial charge in [-0.05, 0) is 36.8 Å². The first kappa shape index (κ1) is 24.0. The van der Waals surface area contributed by atoms with E-state index in [0.717, 1.165) is 22.4 Å². The highest BCUT2D eigenvalue weighted by Crippen LogP contribution is 2.42. The van der Waals surface area contributed by atoms with E-state index in [4.69, 9.17) is 14.2 Å². The number of hydrogen-bond donors (Lipinski definition) is 1. The first-order valence-corrected chi connectivity index (χ1v) is 11.7. The molecule has 0 spiro atoms. The van der Waals surface area contributed by atoms with Crippen molar-refractivity contribution in [2.24, 2.45) is 0 Å². The Bertz CT molecular complexity index is 1480. The topological polar surface area (TPSA) is 113 Å². The monoisotopic (exact) mass is 498 g/mol. The molecule has 0 unspecified atom stereocenters. The van der Waals surface area contributed by atoms with Gasteiger partial charge < -0.3 is 19.5 Å². The first-order chi connectivity index (χ1) is 18.0. The highest BCUT2D eigenvalue weighted by atomic mass is 16.5. The van der Waals surface area contributed by atoms with Crippen molar-refractivity contribution in [1.82, 2.24) is 25.0 Å². The van der Waals surface area contributed by atoms with Crippen molar-refractivity contribution in [2.45, 2.75) is 19.3 Å². The molecule has 10 nitrogen and oxygen atoms in total. The van der Waals surface area contributed by atoms with Crippen molar-refractivity contribution in [2.75, 3.05) is 26.1 Å². The maximum atomic E-state index is 12.8.